The van der Waals surface area contributed by atoms with Crippen molar-refractivity contribution in [2.75, 3.05) is 0 Å². The predicted octanol–water partition coefficient (Wildman–Crippen LogP) is -4.63. The molecule has 0 aliphatic heterocycles. The van der Waals surface area contributed by atoms with Crippen LogP contribution in [0.4, 0.5) is 5.69 Å². The van der Waals surface area contributed by atoms with Crippen LogP contribution in [0.15, 0.2) is 36.9 Å². The molecule has 0 saturated heterocycles. The van der Waals surface area contributed by atoms with Crippen molar-refractivity contribution in [3.8, 4) is 0 Å². The molecule has 1 aromatic carbocycles. The van der Waals surface area contributed by atoms with Crippen molar-refractivity contribution in [3.63, 3.8) is 0 Å². The predicted molar refractivity (Wildman–Crippen MR) is 191 cm³/mol. The van der Waals surface area contributed by atoms with E-state index in [9.17, 15) is 10.1 Å². The van der Waals surface area contributed by atoms with Crippen molar-refractivity contribution in [1.29, 1.82) is 0 Å². The Labute approximate surface area is 260 Å². The van der Waals surface area contributed by atoms with E-state index in [1.54, 1.807) is 6.33 Å². The number of hydrogen-bond donors (Lipinski definition) is 0. The fraction of sp³-hybridized carbons (Fsp3) is 0.154. The van der Waals surface area contributed by atoms with Crippen molar-refractivity contribution in [1.82, 2.24) is 14.1 Å². The highest BCUT2D eigenvalue weighted by molar-refractivity contribution is 8.19. The molecule has 0 unspecified atom stereocenters. The molecule has 0 bridgehead atoms. The fourth-order valence-electron chi connectivity index (χ4n) is 4.77. The Morgan fingerprint density at radius 2 is 1.40 bits per heavy atom. The molecule has 162 valence electrons. The number of fused-ring (bicyclic) bond motifs is 1. The Bertz CT molecular complexity index is 1220. The topological polar surface area (TPSA) is 65.9 Å². The van der Waals surface area contributed by atoms with Crippen molar-refractivity contribution in [2.24, 2.45) is 7.05 Å². The van der Waals surface area contributed by atoms with Crippen LogP contribution in [0.3, 0.4) is 0 Å². The van der Waals surface area contributed by atoms with Gasteiger partial charge in [0.1, 0.15) is 0 Å². The summed E-state index contributed by atoms with van der Waals surface area (Å²) in [7, 11) is 65.0. The van der Waals surface area contributed by atoms with Crippen LogP contribution < -0.4 is 0 Å². The second kappa shape index (κ2) is 15.4. The third-order valence-electron chi connectivity index (χ3n) is 6.68. The fourth-order valence-corrected chi connectivity index (χ4v) is 5.04. The SMILES string of the molecule is Cn1cnc(Cn2ccc3c(Cl)cc([N+](=O)[O-])cc32)c1.[B]B([B])B([B])B(B(B([B])[B])B([B])[B])B(B([B])[B])B([B])[B]. The number of halogens is 1. The molecule has 2 heterocycles. The highest BCUT2D eigenvalue weighted by Gasteiger charge is 2.44. The van der Waals surface area contributed by atoms with Gasteiger partial charge < -0.3 is 9.13 Å². The molecule has 0 fully saturated rings. The lowest BCUT2D eigenvalue weighted by Crippen LogP contribution is -2.80. The average Bonchev–Trinajstić information content (AvgIpc) is 3.43. The third-order valence-corrected chi connectivity index (χ3v) is 6.99. The van der Waals surface area contributed by atoms with E-state index in [2.05, 4.69) is 4.98 Å². The molecule has 0 atom stereocenters. The summed E-state index contributed by atoms with van der Waals surface area (Å²) in [6.45, 7) is 0.543. The van der Waals surface area contributed by atoms with Crippen LogP contribution in [0.5, 0.6) is 0 Å². The zero-order valence-electron chi connectivity index (χ0n) is 22.2. The number of aromatic nitrogens is 3. The van der Waals surface area contributed by atoms with Crippen LogP contribution in [-0.2, 0) is 13.6 Å². The molecule has 0 aliphatic carbocycles. The van der Waals surface area contributed by atoms with E-state index in [4.69, 9.17) is 96.7 Å². The number of nitro groups is 1. The number of nitro benzene ring substituents is 1. The molecular weight excluding hydrogens is 496 g/mol. The van der Waals surface area contributed by atoms with E-state index in [1.165, 1.54) is 12.1 Å². The van der Waals surface area contributed by atoms with Crippen LogP contribution in [-0.4, -0.2) is 162 Å². The molecule has 3 aromatic rings. The summed E-state index contributed by atoms with van der Waals surface area (Å²) in [6, 6.07) is 4.75. The largest absolute Gasteiger partial charge is 0.341 e. The summed E-state index contributed by atoms with van der Waals surface area (Å²) in [4.78, 5) is 14.7. The van der Waals surface area contributed by atoms with Gasteiger partial charge in [0.25, 0.3) is 5.69 Å². The Morgan fingerprint density at radius 1 is 0.875 bits per heavy atom. The first kappa shape index (κ1) is 35.2. The maximum Gasteiger partial charge on any atom is 0.273 e. The Hall–Kier alpha value is -1.04. The van der Waals surface area contributed by atoms with E-state index in [0.717, 1.165) is 16.6 Å². The summed E-state index contributed by atoms with van der Waals surface area (Å²) in [6.07, 6.45) is -1.67. The van der Waals surface area contributed by atoms with Crippen LogP contribution in [0, 0.1) is 10.1 Å². The normalized spacial score (nSPS) is 10.2. The first-order chi connectivity index (χ1) is 18.6. The van der Waals surface area contributed by atoms with Gasteiger partial charge in [0.05, 0.1) is 34.0 Å². The van der Waals surface area contributed by atoms with Crippen molar-refractivity contribution in [3.05, 3.63) is 57.8 Å². The summed E-state index contributed by atoms with van der Waals surface area (Å²) in [5.41, 5.74) is 1.60. The minimum Gasteiger partial charge on any atom is -0.341 e. The van der Waals surface area contributed by atoms with Crippen molar-refractivity contribution < 1.29 is 4.92 Å². The number of non-ortho nitro benzene ring substituents is 1. The van der Waals surface area contributed by atoms with E-state index in [1.807, 2.05) is 34.6 Å². The van der Waals surface area contributed by atoms with Gasteiger partial charge in [0, 0.05) is 180 Å². The second-order valence-electron chi connectivity index (χ2n) is 9.79. The average molecular weight is 507 g/mol. The van der Waals surface area contributed by atoms with Gasteiger partial charge in [0.15, 0.2) is 0 Å². The molecule has 22 radical (unpaired) electrons. The summed E-state index contributed by atoms with van der Waals surface area (Å²) in [5, 5.41) is 12.1. The van der Waals surface area contributed by atoms with E-state index < -0.39 is 62.4 Å². The zero-order chi connectivity index (χ0) is 30.5. The van der Waals surface area contributed by atoms with Crippen LogP contribution >= 0.6 is 11.6 Å². The number of benzene rings is 1. The molecule has 3 rings (SSSR count). The maximum atomic E-state index is 10.9. The van der Waals surface area contributed by atoms with Crippen molar-refractivity contribution in [2.45, 2.75) is 6.54 Å². The second-order valence-corrected chi connectivity index (χ2v) is 10.2. The zero-order valence-corrected chi connectivity index (χ0v) is 23.0. The minimum absolute atomic E-state index is 0.0107. The number of aryl methyl sites for hydroxylation is 1. The molecule has 0 saturated carbocycles. The lowest BCUT2D eigenvalue weighted by Gasteiger charge is -2.42. The molecule has 6 nitrogen and oxygen atoms in total. The summed E-state index contributed by atoms with van der Waals surface area (Å²) in [5.74, 6) is 0. The minimum atomic E-state index is -0.889. The first-order valence-electron chi connectivity index (χ1n) is 12.3. The van der Waals surface area contributed by atoms with Gasteiger partial charge in [0.2, 0.25) is 0 Å². The summed E-state index contributed by atoms with van der Waals surface area (Å²) < 4.78 is 3.76. The van der Waals surface area contributed by atoms with Gasteiger partial charge in [-0.3, -0.25) is 10.1 Å². The lowest BCUT2D eigenvalue weighted by atomic mass is 8.39. The van der Waals surface area contributed by atoms with Crippen LogP contribution in [0.2, 0.25) is 5.02 Å². The number of imidazole rings is 1. The third kappa shape index (κ3) is 8.98. The highest BCUT2D eigenvalue weighted by atomic mass is 35.5. The molecular formula is C13H11B20ClN4O2. The molecule has 0 spiro atoms. The van der Waals surface area contributed by atoms with Crippen LogP contribution in [0.1, 0.15) is 5.69 Å². The van der Waals surface area contributed by atoms with E-state index >= 15 is 0 Å². The number of nitrogens with zero attached hydrogens (tertiary/aromatic N) is 4. The smallest absolute Gasteiger partial charge is 0.273 e. The quantitative estimate of drug-likeness (QED) is 0.149. The van der Waals surface area contributed by atoms with Crippen LogP contribution in [0.25, 0.3) is 10.9 Å². The summed E-state index contributed by atoms with van der Waals surface area (Å²) >= 11 is 6.09. The molecule has 0 amide bonds. The lowest BCUT2D eigenvalue weighted by molar-refractivity contribution is -0.384. The molecule has 2 aromatic heterocycles. The Balaban J connectivity index is 0.000000280. The van der Waals surface area contributed by atoms with Gasteiger partial charge >= 0.3 is 0 Å². The Kier molecular flexibility index (Phi) is 13.6. The van der Waals surface area contributed by atoms with Gasteiger partial charge in [-0.05, 0) is 6.07 Å². The van der Waals surface area contributed by atoms with Crippen molar-refractivity contribution >= 4 is 171 Å². The van der Waals surface area contributed by atoms with Gasteiger partial charge in [-0.1, -0.05) is 11.6 Å². The standard InChI is InChI=1S/C13H11ClN4O2.B20/c1-16-6-9(15-8-16)7-17-3-2-11-12(14)4-10(18(19)20)5-13(11)17;1-12(2)17(11)20(18(13(3)4)14(5)6)19(15(7)8)16(9)10/h2-6,8H,7H2,1H3;. The Morgan fingerprint density at radius 3 is 1.80 bits per heavy atom. The monoisotopic (exact) mass is 510 g/mol. The molecule has 0 aliphatic rings. The number of hydrogen-bond acceptors (Lipinski definition) is 3. The maximum absolute atomic E-state index is 10.9. The highest BCUT2D eigenvalue weighted by Crippen LogP contribution is 2.30. The van der Waals surface area contributed by atoms with E-state index in [-0.39, 0.29) is 5.69 Å². The molecule has 40 heavy (non-hydrogen) atoms. The van der Waals surface area contributed by atoms with Gasteiger partial charge in [-0.25, -0.2) is 4.98 Å². The van der Waals surface area contributed by atoms with Gasteiger partial charge in [-0.2, -0.15) is 0 Å². The molecule has 0 N–H and O–H groups in total. The van der Waals surface area contributed by atoms with Gasteiger partial charge in [-0.15, -0.1) is 0 Å². The number of rotatable bonds is 11. The first-order valence-corrected chi connectivity index (χ1v) is 12.7. The van der Waals surface area contributed by atoms with E-state index in [0.29, 0.717) is 11.6 Å². The molecule has 27 heteroatoms.